The Hall–Kier alpha value is -6.64. The molecule has 0 aliphatic heterocycles. The largest absolute Gasteiger partial charge is 0.455 e. The van der Waals surface area contributed by atoms with Gasteiger partial charge in [0.1, 0.15) is 11.2 Å². The second-order valence-electron chi connectivity index (χ2n) is 14.6. The molecular formula is C51H37NO. The average molecular weight is 680 g/mol. The Labute approximate surface area is 310 Å². The average Bonchev–Trinajstić information content (AvgIpc) is 3.70. The molecule has 8 aromatic carbocycles. The molecule has 252 valence electrons. The third-order valence-electron chi connectivity index (χ3n) is 11.1. The molecule has 1 aromatic heterocycles. The third-order valence-corrected chi connectivity index (χ3v) is 11.1. The highest BCUT2D eigenvalue weighted by molar-refractivity contribution is 6.10. The highest BCUT2D eigenvalue weighted by Gasteiger charge is 2.35. The Morgan fingerprint density at radius 1 is 0.377 bits per heavy atom. The van der Waals surface area contributed by atoms with Gasteiger partial charge in [-0.25, -0.2) is 0 Å². The van der Waals surface area contributed by atoms with E-state index in [1.807, 2.05) is 6.07 Å². The zero-order valence-electron chi connectivity index (χ0n) is 29.8. The lowest BCUT2D eigenvalue weighted by Crippen LogP contribution is -2.14. The van der Waals surface area contributed by atoms with E-state index in [2.05, 4.69) is 201 Å². The third kappa shape index (κ3) is 5.18. The van der Waals surface area contributed by atoms with E-state index in [4.69, 9.17) is 4.42 Å². The van der Waals surface area contributed by atoms with Gasteiger partial charge in [-0.05, 0) is 105 Å². The second kappa shape index (κ2) is 12.3. The van der Waals surface area contributed by atoms with Gasteiger partial charge < -0.3 is 9.32 Å². The van der Waals surface area contributed by atoms with E-state index in [1.165, 1.54) is 33.4 Å². The van der Waals surface area contributed by atoms with Gasteiger partial charge in [-0.3, -0.25) is 0 Å². The zero-order chi connectivity index (χ0) is 35.5. The summed E-state index contributed by atoms with van der Waals surface area (Å²) in [4.78, 5) is 2.33. The maximum absolute atomic E-state index is 6.45. The van der Waals surface area contributed by atoms with Crippen LogP contribution in [0.4, 0.5) is 17.1 Å². The summed E-state index contributed by atoms with van der Waals surface area (Å²) in [5.74, 6) is 0. The Bertz CT molecular complexity index is 2780. The predicted molar refractivity (Wildman–Crippen MR) is 222 cm³/mol. The maximum Gasteiger partial charge on any atom is 0.143 e. The molecule has 0 bridgehead atoms. The van der Waals surface area contributed by atoms with Gasteiger partial charge >= 0.3 is 0 Å². The molecular weight excluding hydrogens is 643 g/mol. The molecule has 1 aliphatic rings. The van der Waals surface area contributed by atoms with E-state index in [0.717, 1.165) is 61.3 Å². The molecule has 1 heterocycles. The first-order chi connectivity index (χ1) is 26.0. The lowest BCUT2D eigenvalue weighted by atomic mass is 9.81. The van der Waals surface area contributed by atoms with Crippen LogP contribution < -0.4 is 4.90 Å². The van der Waals surface area contributed by atoms with Gasteiger partial charge in [-0.15, -0.1) is 0 Å². The van der Waals surface area contributed by atoms with E-state index in [0.29, 0.717) is 0 Å². The number of furan rings is 1. The highest BCUT2D eigenvalue weighted by Crippen LogP contribution is 2.49. The van der Waals surface area contributed by atoms with Crippen LogP contribution in [-0.2, 0) is 5.41 Å². The van der Waals surface area contributed by atoms with Gasteiger partial charge in [-0.1, -0.05) is 147 Å². The fraction of sp³-hybridized carbons (Fsp3) is 0.0588. The highest BCUT2D eigenvalue weighted by atomic mass is 16.3. The van der Waals surface area contributed by atoms with Crippen molar-refractivity contribution in [3.8, 4) is 44.5 Å². The molecule has 0 saturated heterocycles. The number of hydrogen-bond donors (Lipinski definition) is 0. The lowest BCUT2D eigenvalue weighted by Gasteiger charge is -2.26. The first-order valence-corrected chi connectivity index (χ1v) is 18.3. The first kappa shape index (κ1) is 31.1. The molecule has 9 aromatic rings. The van der Waals surface area contributed by atoms with E-state index in [-0.39, 0.29) is 5.41 Å². The molecule has 10 rings (SSSR count). The summed E-state index contributed by atoms with van der Waals surface area (Å²) >= 11 is 0. The standard InChI is InChI=1S/C51H37NO/c1-51(2)47-19-10-9-16-43(47)44-30-24-38(33-48(44)51)35-22-28-41(29-23-35)52(39-14-7-4-8-15-39)40-26-20-34(21-27-40)37-25-31-49-46(32-37)45-18-11-17-42(50(45)53-49)36-12-5-3-6-13-36/h3-33H,1-2H3. The summed E-state index contributed by atoms with van der Waals surface area (Å²) in [6.45, 7) is 4.68. The van der Waals surface area contributed by atoms with Gasteiger partial charge in [0.15, 0.2) is 0 Å². The fourth-order valence-corrected chi connectivity index (χ4v) is 8.34. The summed E-state index contributed by atoms with van der Waals surface area (Å²) in [5, 5.41) is 2.26. The number of nitrogens with zero attached hydrogens (tertiary/aromatic N) is 1. The molecule has 0 N–H and O–H groups in total. The van der Waals surface area contributed by atoms with Crippen molar-refractivity contribution in [2.24, 2.45) is 0 Å². The minimum absolute atomic E-state index is 0.0257. The monoisotopic (exact) mass is 679 g/mol. The molecule has 2 heteroatoms. The summed E-state index contributed by atoms with van der Waals surface area (Å²) in [5.41, 5.74) is 17.7. The molecule has 0 fully saturated rings. The van der Waals surface area contributed by atoms with Crippen LogP contribution in [0, 0.1) is 0 Å². The number of para-hydroxylation sites is 2. The smallest absolute Gasteiger partial charge is 0.143 e. The van der Waals surface area contributed by atoms with E-state index in [1.54, 1.807) is 0 Å². The summed E-state index contributed by atoms with van der Waals surface area (Å²) < 4.78 is 6.45. The molecule has 0 radical (unpaired) electrons. The van der Waals surface area contributed by atoms with Gasteiger partial charge in [0, 0.05) is 38.8 Å². The first-order valence-electron chi connectivity index (χ1n) is 18.3. The van der Waals surface area contributed by atoms with Gasteiger partial charge in [-0.2, -0.15) is 0 Å². The minimum atomic E-state index is -0.0257. The Kier molecular flexibility index (Phi) is 7.19. The summed E-state index contributed by atoms with van der Waals surface area (Å²) in [6, 6.07) is 67.7. The number of anilines is 3. The normalized spacial score (nSPS) is 12.9. The van der Waals surface area contributed by atoms with Crippen molar-refractivity contribution in [1.29, 1.82) is 0 Å². The van der Waals surface area contributed by atoms with Crippen molar-refractivity contribution in [1.82, 2.24) is 0 Å². The van der Waals surface area contributed by atoms with Crippen LogP contribution in [0.1, 0.15) is 25.0 Å². The van der Waals surface area contributed by atoms with Gasteiger partial charge in [0.25, 0.3) is 0 Å². The van der Waals surface area contributed by atoms with Crippen LogP contribution >= 0.6 is 0 Å². The van der Waals surface area contributed by atoms with E-state index >= 15 is 0 Å². The molecule has 53 heavy (non-hydrogen) atoms. The predicted octanol–water partition coefficient (Wildman–Crippen LogP) is 14.4. The Morgan fingerprint density at radius 3 is 1.64 bits per heavy atom. The quantitative estimate of drug-likeness (QED) is 0.174. The molecule has 2 nitrogen and oxygen atoms in total. The van der Waals surface area contributed by atoms with Gasteiger partial charge in [0.2, 0.25) is 0 Å². The fourth-order valence-electron chi connectivity index (χ4n) is 8.34. The summed E-state index contributed by atoms with van der Waals surface area (Å²) in [6.07, 6.45) is 0. The number of rotatable bonds is 6. The van der Waals surface area contributed by atoms with Gasteiger partial charge in [0.05, 0.1) is 0 Å². The number of fused-ring (bicyclic) bond motifs is 6. The maximum atomic E-state index is 6.45. The molecule has 0 amide bonds. The second-order valence-corrected chi connectivity index (χ2v) is 14.6. The van der Waals surface area contributed by atoms with Crippen LogP contribution in [0.25, 0.3) is 66.4 Å². The Balaban J connectivity index is 0.978. The van der Waals surface area contributed by atoms with Crippen molar-refractivity contribution in [3.63, 3.8) is 0 Å². The van der Waals surface area contributed by atoms with Crippen LogP contribution in [0.3, 0.4) is 0 Å². The van der Waals surface area contributed by atoms with Crippen LogP contribution in [0.5, 0.6) is 0 Å². The molecule has 0 atom stereocenters. The topological polar surface area (TPSA) is 16.4 Å². The molecule has 0 unspecified atom stereocenters. The van der Waals surface area contributed by atoms with Crippen molar-refractivity contribution < 1.29 is 4.42 Å². The molecule has 1 aliphatic carbocycles. The lowest BCUT2D eigenvalue weighted by molar-refractivity contribution is 0.660. The van der Waals surface area contributed by atoms with Crippen LogP contribution in [0.2, 0.25) is 0 Å². The van der Waals surface area contributed by atoms with Crippen LogP contribution in [-0.4, -0.2) is 0 Å². The SMILES string of the molecule is CC1(C)c2ccccc2-c2ccc(-c3ccc(N(c4ccccc4)c4ccc(-c5ccc6oc7c(-c8ccccc8)cccc7c6c5)cc4)cc3)cc21. The molecule has 0 spiro atoms. The Morgan fingerprint density at radius 2 is 0.925 bits per heavy atom. The van der Waals surface area contributed by atoms with Crippen molar-refractivity contribution in [2.45, 2.75) is 19.3 Å². The van der Waals surface area contributed by atoms with Crippen LogP contribution in [0.15, 0.2) is 192 Å². The van der Waals surface area contributed by atoms with Crippen molar-refractivity contribution >= 4 is 39.0 Å². The van der Waals surface area contributed by atoms with E-state index < -0.39 is 0 Å². The van der Waals surface area contributed by atoms with E-state index in [9.17, 15) is 0 Å². The number of benzene rings is 8. The zero-order valence-corrected chi connectivity index (χ0v) is 29.8. The minimum Gasteiger partial charge on any atom is -0.455 e. The molecule has 0 saturated carbocycles. The number of hydrogen-bond acceptors (Lipinski definition) is 2. The van der Waals surface area contributed by atoms with Crippen molar-refractivity contribution in [2.75, 3.05) is 4.90 Å². The summed E-state index contributed by atoms with van der Waals surface area (Å²) in [7, 11) is 0. The van der Waals surface area contributed by atoms with Crippen molar-refractivity contribution in [3.05, 3.63) is 199 Å².